The lowest BCUT2D eigenvalue weighted by molar-refractivity contribution is 0.101. The summed E-state index contributed by atoms with van der Waals surface area (Å²) in [5.74, 6) is 0.661. The van der Waals surface area contributed by atoms with Crippen LogP contribution in [0, 0.1) is 5.92 Å². The van der Waals surface area contributed by atoms with Crippen molar-refractivity contribution in [3.8, 4) is 0 Å². The highest BCUT2D eigenvalue weighted by atomic mass is 16.6. The van der Waals surface area contributed by atoms with Gasteiger partial charge in [0, 0.05) is 6.42 Å². The largest absolute Gasteiger partial charge is 0.431 e. The third-order valence-electron chi connectivity index (χ3n) is 1.53. The number of hydrogen-bond donors (Lipinski definition) is 2. The highest BCUT2D eigenvalue weighted by Crippen LogP contribution is 2.33. The van der Waals surface area contributed by atoms with Gasteiger partial charge in [0.2, 0.25) is 0 Å². The first-order valence-electron chi connectivity index (χ1n) is 3.40. The Kier molecular flexibility index (Phi) is 2.11. The number of ether oxygens (including phenoxy) is 1. The fraction of sp³-hybridized carbons (Fsp3) is 0.833. The molecule has 10 heavy (non-hydrogen) atoms. The Morgan fingerprint density at radius 3 is 2.70 bits per heavy atom. The van der Waals surface area contributed by atoms with Crippen LogP contribution in [-0.4, -0.2) is 12.3 Å². The van der Waals surface area contributed by atoms with E-state index < -0.39 is 12.3 Å². The maximum absolute atomic E-state index is 10.1. The van der Waals surface area contributed by atoms with Crippen molar-refractivity contribution in [2.24, 2.45) is 17.4 Å². The van der Waals surface area contributed by atoms with Crippen molar-refractivity contribution in [1.29, 1.82) is 0 Å². The van der Waals surface area contributed by atoms with Crippen LogP contribution in [0.4, 0.5) is 4.79 Å². The van der Waals surface area contributed by atoms with E-state index in [0.717, 1.165) is 6.42 Å². The van der Waals surface area contributed by atoms with Crippen LogP contribution < -0.4 is 11.5 Å². The smallest absolute Gasteiger partial charge is 0.406 e. The monoisotopic (exact) mass is 144 g/mol. The number of carbonyl (C=O) groups excluding carboxylic acids is 1. The van der Waals surface area contributed by atoms with E-state index >= 15 is 0 Å². The van der Waals surface area contributed by atoms with E-state index in [-0.39, 0.29) is 0 Å². The van der Waals surface area contributed by atoms with Gasteiger partial charge in [-0.3, -0.25) is 5.73 Å². The van der Waals surface area contributed by atoms with E-state index in [0.29, 0.717) is 5.92 Å². The number of hydrogen-bond acceptors (Lipinski definition) is 3. The molecule has 0 bridgehead atoms. The predicted molar refractivity (Wildman–Crippen MR) is 36.0 cm³/mol. The van der Waals surface area contributed by atoms with Crippen molar-refractivity contribution in [2.75, 3.05) is 0 Å². The molecule has 1 amide bonds. The van der Waals surface area contributed by atoms with E-state index in [1.165, 1.54) is 12.8 Å². The molecule has 0 spiro atoms. The molecule has 1 saturated carbocycles. The molecule has 0 radical (unpaired) electrons. The zero-order valence-corrected chi connectivity index (χ0v) is 5.75. The molecular weight excluding hydrogens is 132 g/mol. The third kappa shape index (κ3) is 2.68. The van der Waals surface area contributed by atoms with E-state index in [4.69, 9.17) is 11.5 Å². The molecule has 58 valence electrons. The third-order valence-corrected chi connectivity index (χ3v) is 1.53. The second-order valence-corrected chi connectivity index (χ2v) is 2.65. The van der Waals surface area contributed by atoms with Gasteiger partial charge in [0.05, 0.1) is 0 Å². The molecule has 0 aromatic rings. The van der Waals surface area contributed by atoms with Crippen LogP contribution in [0.5, 0.6) is 0 Å². The molecule has 1 unspecified atom stereocenters. The minimum atomic E-state index is -0.784. The van der Waals surface area contributed by atoms with E-state index in [1.807, 2.05) is 0 Å². The Bertz CT molecular complexity index is 134. The van der Waals surface area contributed by atoms with Crippen LogP contribution in [0.3, 0.4) is 0 Å². The first-order chi connectivity index (χ1) is 4.68. The van der Waals surface area contributed by atoms with Crippen LogP contribution in [0.15, 0.2) is 0 Å². The van der Waals surface area contributed by atoms with Crippen molar-refractivity contribution in [2.45, 2.75) is 25.5 Å². The molecule has 0 aliphatic heterocycles. The highest BCUT2D eigenvalue weighted by molar-refractivity contribution is 5.64. The quantitative estimate of drug-likeness (QED) is 0.554. The zero-order valence-electron chi connectivity index (χ0n) is 5.75. The van der Waals surface area contributed by atoms with Gasteiger partial charge in [-0.1, -0.05) is 0 Å². The maximum Gasteiger partial charge on any atom is 0.406 e. The SMILES string of the molecule is NC(=O)OC(N)CC1CC1. The van der Waals surface area contributed by atoms with Crippen molar-refractivity contribution < 1.29 is 9.53 Å². The van der Waals surface area contributed by atoms with Gasteiger partial charge in [0.15, 0.2) is 6.23 Å². The van der Waals surface area contributed by atoms with E-state index in [1.54, 1.807) is 0 Å². The van der Waals surface area contributed by atoms with Crippen LogP contribution in [0.2, 0.25) is 0 Å². The summed E-state index contributed by atoms with van der Waals surface area (Å²) in [4.78, 5) is 10.1. The average molecular weight is 144 g/mol. The minimum absolute atomic E-state index is 0.495. The Balaban J connectivity index is 2.07. The first kappa shape index (κ1) is 7.34. The lowest BCUT2D eigenvalue weighted by Gasteiger charge is -2.09. The number of nitrogens with two attached hydrogens (primary N) is 2. The van der Waals surface area contributed by atoms with Crippen LogP contribution in [-0.2, 0) is 4.74 Å². The molecule has 1 atom stereocenters. The van der Waals surface area contributed by atoms with Gasteiger partial charge in [-0.2, -0.15) is 0 Å². The summed E-state index contributed by atoms with van der Waals surface area (Å²) in [5, 5.41) is 0. The van der Waals surface area contributed by atoms with Crippen LogP contribution in [0.25, 0.3) is 0 Å². The summed E-state index contributed by atoms with van der Waals surface area (Å²) in [6.45, 7) is 0. The first-order valence-corrected chi connectivity index (χ1v) is 3.40. The fourth-order valence-corrected chi connectivity index (χ4v) is 0.879. The normalized spacial score (nSPS) is 20.1. The van der Waals surface area contributed by atoms with Gasteiger partial charge in [-0.05, 0) is 18.8 Å². The molecular formula is C6H12N2O2. The summed E-state index contributed by atoms with van der Waals surface area (Å²) >= 11 is 0. The van der Waals surface area contributed by atoms with Gasteiger partial charge in [0.25, 0.3) is 0 Å². The maximum atomic E-state index is 10.1. The van der Waals surface area contributed by atoms with Gasteiger partial charge in [-0.15, -0.1) is 0 Å². The molecule has 0 aromatic heterocycles. The number of primary amides is 1. The van der Waals surface area contributed by atoms with Gasteiger partial charge in [0.1, 0.15) is 0 Å². The molecule has 1 aliphatic rings. The molecule has 0 aromatic carbocycles. The van der Waals surface area contributed by atoms with Gasteiger partial charge in [-0.25, -0.2) is 4.79 Å². The van der Waals surface area contributed by atoms with Crippen LogP contribution >= 0.6 is 0 Å². The summed E-state index contributed by atoms with van der Waals surface area (Å²) < 4.78 is 4.52. The Hall–Kier alpha value is -0.770. The fourth-order valence-electron chi connectivity index (χ4n) is 0.879. The molecule has 1 aliphatic carbocycles. The highest BCUT2D eigenvalue weighted by Gasteiger charge is 2.24. The summed E-state index contributed by atoms with van der Waals surface area (Å²) in [5.41, 5.74) is 10.1. The molecule has 0 saturated heterocycles. The Labute approximate surface area is 59.5 Å². The minimum Gasteiger partial charge on any atom is -0.431 e. The Morgan fingerprint density at radius 2 is 2.30 bits per heavy atom. The molecule has 4 nitrogen and oxygen atoms in total. The Morgan fingerprint density at radius 1 is 1.70 bits per heavy atom. The second-order valence-electron chi connectivity index (χ2n) is 2.65. The van der Waals surface area contributed by atoms with Crippen molar-refractivity contribution >= 4 is 6.09 Å². The van der Waals surface area contributed by atoms with Crippen molar-refractivity contribution in [1.82, 2.24) is 0 Å². The van der Waals surface area contributed by atoms with Crippen molar-refractivity contribution in [3.05, 3.63) is 0 Å². The standard InChI is InChI=1S/C6H12N2O2/c7-5(10-6(8)9)3-4-1-2-4/h4-5H,1-3,7H2,(H2,8,9). The number of rotatable bonds is 3. The molecule has 1 rings (SSSR count). The summed E-state index contributed by atoms with van der Waals surface area (Å²) in [6, 6.07) is 0. The van der Waals surface area contributed by atoms with E-state index in [9.17, 15) is 4.79 Å². The molecule has 1 fully saturated rings. The second kappa shape index (κ2) is 2.88. The van der Waals surface area contributed by atoms with Crippen molar-refractivity contribution in [3.63, 3.8) is 0 Å². The average Bonchev–Trinajstić information content (AvgIpc) is 2.46. The summed E-state index contributed by atoms with van der Waals surface area (Å²) in [7, 11) is 0. The summed E-state index contributed by atoms with van der Waals surface area (Å²) in [6.07, 6.45) is 1.88. The molecule has 4 heteroatoms. The zero-order chi connectivity index (χ0) is 7.56. The number of amides is 1. The van der Waals surface area contributed by atoms with Gasteiger partial charge >= 0.3 is 6.09 Å². The topological polar surface area (TPSA) is 78.3 Å². The molecule has 0 heterocycles. The predicted octanol–water partition coefficient (Wildman–Crippen LogP) is 0.167. The van der Waals surface area contributed by atoms with Crippen LogP contribution in [0.1, 0.15) is 19.3 Å². The number of carbonyl (C=O) groups is 1. The lowest BCUT2D eigenvalue weighted by atomic mass is 10.3. The van der Waals surface area contributed by atoms with E-state index in [2.05, 4.69) is 4.74 Å². The lowest BCUT2D eigenvalue weighted by Crippen LogP contribution is -2.30. The van der Waals surface area contributed by atoms with Gasteiger partial charge < -0.3 is 10.5 Å². The molecule has 4 N–H and O–H groups in total.